The third-order valence-electron chi connectivity index (χ3n) is 5.74. The molecule has 0 saturated carbocycles. The quantitative estimate of drug-likeness (QED) is 0.706. The minimum absolute atomic E-state index is 0.219. The molecule has 0 atom stereocenters. The summed E-state index contributed by atoms with van der Waals surface area (Å²) in [6.45, 7) is 4.73. The molecule has 1 aliphatic carbocycles. The lowest BCUT2D eigenvalue weighted by molar-refractivity contribution is 0.188. The first-order valence-electron chi connectivity index (χ1n) is 9.89. The van der Waals surface area contributed by atoms with Crippen LogP contribution in [0, 0.1) is 0 Å². The summed E-state index contributed by atoms with van der Waals surface area (Å²) in [4.78, 5) is 17.3. The van der Waals surface area contributed by atoms with Crippen LogP contribution in [0.1, 0.15) is 16.9 Å². The number of thiophene rings is 1. The summed E-state index contributed by atoms with van der Waals surface area (Å²) in [5.41, 5.74) is 2.47. The van der Waals surface area contributed by atoms with Gasteiger partial charge in [0.1, 0.15) is 10.6 Å². The summed E-state index contributed by atoms with van der Waals surface area (Å²) < 4.78 is 0. The second kappa shape index (κ2) is 7.59. The summed E-state index contributed by atoms with van der Waals surface area (Å²) in [5, 5.41) is 11.2. The molecule has 1 aromatic carbocycles. The van der Waals surface area contributed by atoms with E-state index in [0.717, 1.165) is 72.6 Å². The van der Waals surface area contributed by atoms with Crippen LogP contribution in [-0.4, -0.2) is 59.3 Å². The lowest BCUT2D eigenvalue weighted by Gasteiger charge is -2.35. The average Bonchev–Trinajstić information content (AvgIpc) is 3.30. The zero-order valence-corrected chi connectivity index (χ0v) is 17.3. The molecule has 5 rings (SSSR count). The number of fused-ring (bicyclic) bond motifs is 3. The molecule has 2 aromatic heterocycles. The lowest BCUT2D eigenvalue weighted by atomic mass is 10.1. The smallest absolute Gasteiger partial charge is 0.163 e. The SMILES string of the molecule is OCCN1CCN(c2nc(-c3ccc(Cl)cc3)nc3sc4c(c23)CCC4)CC1. The molecule has 1 N–H and O–H groups in total. The number of benzene rings is 1. The third-order valence-corrected chi connectivity index (χ3v) is 7.17. The maximum Gasteiger partial charge on any atom is 0.163 e. The number of halogens is 1. The topological polar surface area (TPSA) is 52.5 Å². The number of anilines is 1. The summed E-state index contributed by atoms with van der Waals surface area (Å²) >= 11 is 7.91. The van der Waals surface area contributed by atoms with Crippen molar-refractivity contribution in [1.82, 2.24) is 14.9 Å². The van der Waals surface area contributed by atoms with Crippen molar-refractivity contribution < 1.29 is 5.11 Å². The normalized spacial score (nSPS) is 17.4. The van der Waals surface area contributed by atoms with Gasteiger partial charge in [0.2, 0.25) is 0 Å². The number of aryl methyl sites for hydroxylation is 2. The molecule has 7 heteroatoms. The highest BCUT2D eigenvalue weighted by molar-refractivity contribution is 7.19. The van der Waals surface area contributed by atoms with Gasteiger partial charge in [0.05, 0.1) is 12.0 Å². The highest BCUT2D eigenvalue weighted by Crippen LogP contribution is 2.41. The molecule has 1 saturated heterocycles. The molecule has 3 heterocycles. The van der Waals surface area contributed by atoms with E-state index in [1.807, 2.05) is 35.6 Å². The fourth-order valence-corrected chi connectivity index (χ4v) is 5.64. The Hall–Kier alpha value is -1.73. The predicted octanol–water partition coefficient (Wildman–Crippen LogP) is 3.61. The summed E-state index contributed by atoms with van der Waals surface area (Å²) in [5.74, 6) is 1.86. The Labute approximate surface area is 173 Å². The number of β-amino-alcohol motifs (C(OH)–C–C–N with tert-alkyl or cyclic N) is 1. The van der Waals surface area contributed by atoms with Gasteiger partial charge in [-0.05, 0) is 49.1 Å². The van der Waals surface area contributed by atoms with Gasteiger partial charge in [-0.3, -0.25) is 4.90 Å². The van der Waals surface area contributed by atoms with E-state index in [1.165, 1.54) is 22.2 Å². The summed E-state index contributed by atoms with van der Waals surface area (Å²) in [7, 11) is 0. The van der Waals surface area contributed by atoms with Crippen LogP contribution in [0.25, 0.3) is 21.6 Å². The monoisotopic (exact) mass is 414 g/mol. The molecule has 2 aliphatic rings. The van der Waals surface area contributed by atoms with Gasteiger partial charge in [-0.15, -0.1) is 11.3 Å². The molecule has 3 aromatic rings. The minimum Gasteiger partial charge on any atom is -0.395 e. The van der Waals surface area contributed by atoms with E-state index in [4.69, 9.17) is 21.6 Å². The first-order chi connectivity index (χ1) is 13.7. The number of aromatic nitrogens is 2. The molecule has 1 aliphatic heterocycles. The van der Waals surface area contributed by atoms with Gasteiger partial charge < -0.3 is 10.0 Å². The highest BCUT2D eigenvalue weighted by Gasteiger charge is 2.27. The van der Waals surface area contributed by atoms with E-state index < -0.39 is 0 Å². The van der Waals surface area contributed by atoms with E-state index in [-0.39, 0.29) is 6.61 Å². The molecule has 0 amide bonds. The van der Waals surface area contributed by atoms with Crippen LogP contribution in [0.5, 0.6) is 0 Å². The summed E-state index contributed by atoms with van der Waals surface area (Å²) in [6.07, 6.45) is 3.53. The number of piperazine rings is 1. The van der Waals surface area contributed by atoms with Gasteiger partial charge in [-0.2, -0.15) is 0 Å². The van der Waals surface area contributed by atoms with Gasteiger partial charge in [0, 0.05) is 48.2 Å². The van der Waals surface area contributed by atoms with Crippen LogP contribution in [-0.2, 0) is 12.8 Å². The number of aliphatic hydroxyl groups excluding tert-OH is 1. The Balaban J connectivity index is 1.58. The Bertz CT molecular complexity index is 996. The Kier molecular flexibility index (Phi) is 4.97. The Morgan fingerprint density at radius 2 is 1.82 bits per heavy atom. The van der Waals surface area contributed by atoms with Crippen molar-refractivity contribution in [3.8, 4) is 11.4 Å². The van der Waals surface area contributed by atoms with E-state index in [9.17, 15) is 5.11 Å². The van der Waals surface area contributed by atoms with Crippen molar-refractivity contribution in [2.75, 3.05) is 44.2 Å². The molecule has 5 nitrogen and oxygen atoms in total. The largest absolute Gasteiger partial charge is 0.395 e. The van der Waals surface area contributed by atoms with Crippen LogP contribution in [0.3, 0.4) is 0 Å². The van der Waals surface area contributed by atoms with Gasteiger partial charge >= 0.3 is 0 Å². The average molecular weight is 415 g/mol. The first-order valence-corrected chi connectivity index (χ1v) is 11.1. The van der Waals surface area contributed by atoms with Crippen LogP contribution >= 0.6 is 22.9 Å². The molecule has 28 heavy (non-hydrogen) atoms. The van der Waals surface area contributed by atoms with Crippen LogP contribution in [0.2, 0.25) is 5.02 Å². The van der Waals surface area contributed by atoms with Crippen LogP contribution < -0.4 is 4.90 Å². The molecular formula is C21H23ClN4OS. The number of nitrogens with zero attached hydrogens (tertiary/aromatic N) is 4. The third kappa shape index (κ3) is 3.28. The zero-order chi connectivity index (χ0) is 19.1. The lowest BCUT2D eigenvalue weighted by Crippen LogP contribution is -2.47. The van der Waals surface area contributed by atoms with Gasteiger partial charge in [0.25, 0.3) is 0 Å². The molecule has 1 fully saturated rings. The van der Waals surface area contributed by atoms with Crippen molar-refractivity contribution in [1.29, 1.82) is 0 Å². The molecule has 0 unspecified atom stereocenters. The maximum absolute atomic E-state index is 9.22. The van der Waals surface area contributed by atoms with Crippen molar-refractivity contribution in [2.24, 2.45) is 0 Å². The van der Waals surface area contributed by atoms with Gasteiger partial charge in [0.15, 0.2) is 5.82 Å². The molecular weight excluding hydrogens is 392 g/mol. The number of rotatable bonds is 4. The molecule has 0 spiro atoms. The summed E-state index contributed by atoms with van der Waals surface area (Å²) in [6, 6.07) is 7.78. The Morgan fingerprint density at radius 1 is 1.04 bits per heavy atom. The fraction of sp³-hybridized carbons (Fsp3) is 0.429. The van der Waals surface area contributed by atoms with E-state index >= 15 is 0 Å². The molecule has 0 radical (unpaired) electrons. The highest BCUT2D eigenvalue weighted by atomic mass is 35.5. The Morgan fingerprint density at radius 3 is 2.57 bits per heavy atom. The second-order valence-electron chi connectivity index (χ2n) is 7.47. The standard InChI is InChI=1S/C21H23ClN4OS/c22-15-6-4-14(5-7-15)19-23-20(26-10-8-25(9-11-26)12-13-27)18-16-2-1-3-17(16)28-21(18)24-19/h4-7,27H,1-3,8-13H2. The second-order valence-corrected chi connectivity index (χ2v) is 8.99. The molecule has 146 valence electrons. The first kappa shape index (κ1) is 18.3. The minimum atomic E-state index is 0.219. The molecule has 0 bridgehead atoms. The van der Waals surface area contributed by atoms with Gasteiger partial charge in [-0.25, -0.2) is 9.97 Å². The maximum atomic E-state index is 9.22. The van der Waals surface area contributed by atoms with E-state index in [2.05, 4.69) is 9.80 Å². The number of aliphatic hydroxyl groups is 1. The van der Waals surface area contributed by atoms with E-state index in [1.54, 1.807) is 0 Å². The number of hydrogen-bond donors (Lipinski definition) is 1. The van der Waals surface area contributed by atoms with Crippen molar-refractivity contribution >= 4 is 39.0 Å². The predicted molar refractivity (Wildman–Crippen MR) is 116 cm³/mol. The van der Waals surface area contributed by atoms with E-state index in [0.29, 0.717) is 0 Å². The van der Waals surface area contributed by atoms with Crippen molar-refractivity contribution in [3.05, 3.63) is 39.7 Å². The van der Waals surface area contributed by atoms with Gasteiger partial charge in [-0.1, -0.05) is 11.6 Å². The van der Waals surface area contributed by atoms with Crippen LogP contribution in [0.4, 0.5) is 5.82 Å². The van der Waals surface area contributed by atoms with Crippen LogP contribution in [0.15, 0.2) is 24.3 Å². The van der Waals surface area contributed by atoms with Crippen molar-refractivity contribution in [3.63, 3.8) is 0 Å². The fourth-order valence-electron chi connectivity index (χ4n) is 4.26. The van der Waals surface area contributed by atoms with Crippen molar-refractivity contribution in [2.45, 2.75) is 19.3 Å². The zero-order valence-electron chi connectivity index (χ0n) is 15.7. The number of hydrogen-bond acceptors (Lipinski definition) is 6.